The zero-order valence-corrected chi connectivity index (χ0v) is 7.13. The van der Waals surface area contributed by atoms with Gasteiger partial charge < -0.3 is 10.1 Å². The van der Waals surface area contributed by atoms with Crippen LogP contribution in [0.5, 0.6) is 0 Å². The summed E-state index contributed by atoms with van der Waals surface area (Å²) in [6, 6.07) is 2.10. The molecule has 0 spiro atoms. The molecule has 1 aromatic heterocycles. The van der Waals surface area contributed by atoms with Gasteiger partial charge in [-0.1, -0.05) is 0 Å². The highest BCUT2D eigenvalue weighted by Crippen LogP contribution is 2.17. The van der Waals surface area contributed by atoms with Crippen LogP contribution in [0.25, 0.3) is 0 Å². The number of nitrogens with one attached hydrogen (secondary N) is 1. The molecule has 1 aromatic rings. The van der Waals surface area contributed by atoms with Crippen molar-refractivity contribution in [1.82, 2.24) is 4.98 Å². The summed E-state index contributed by atoms with van der Waals surface area (Å²) in [6.07, 6.45) is 2.81. The Bertz CT molecular complexity index is 286. The minimum atomic E-state index is 0.706. The lowest BCUT2D eigenvalue weighted by Crippen LogP contribution is -2.11. The molecule has 0 bridgehead atoms. The van der Waals surface area contributed by atoms with Gasteiger partial charge >= 0.3 is 0 Å². The van der Waals surface area contributed by atoms with Crippen molar-refractivity contribution in [2.45, 2.75) is 13.0 Å². The molecule has 3 nitrogen and oxygen atoms in total. The minimum Gasteiger partial charge on any atom is -0.387 e. The third-order valence-electron chi connectivity index (χ3n) is 2.09. The molecule has 0 radical (unpaired) electrons. The van der Waals surface area contributed by atoms with Gasteiger partial charge in [0, 0.05) is 24.7 Å². The van der Waals surface area contributed by atoms with Crippen molar-refractivity contribution in [3.63, 3.8) is 0 Å². The average Bonchev–Trinajstić information content (AvgIpc) is 2.17. The van der Waals surface area contributed by atoms with Gasteiger partial charge in [0.2, 0.25) is 0 Å². The number of hydrogen-bond acceptors (Lipinski definition) is 3. The third kappa shape index (κ3) is 1.28. The standard InChI is InChI=1S/C9H12N2O/c1-10-8-4-7-6-12-3-2-9(7)11-5-8/h4-5,10H,2-3,6H2,1H3. The second-order valence-electron chi connectivity index (χ2n) is 2.88. The van der Waals surface area contributed by atoms with Crippen LogP contribution in [0.4, 0.5) is 5.69 Å². The van der Waals surface area contributed by atoms with Crippen LogP contribution in [0.1, 0.15) is 11.3 Å². The van der Waals surface area contributed by atoms with Crippen molar-refractivity contribution < 1.29 is 4.74 Å². The molecule has 2 heterocycles. The molecule has 0 aromatic carbocycles. The zero-order chi connectivity index (χ0) is 8.39. The predicted molar refractivity (Wildman–Crippen MR) is 47.1 cm³/mol. The van der Waals surface area contributed by atoms with E-state index in [9.17, 15) is 0 Å². The summed E-state index contributed by atoms with van der Waals surface area (Å²) >= 11 is 0. The van der Waals surface area contributed by atoms with E-state index >= 15 is 0 Å². The first-order valence-electron chi connectivity index (χ1n) is 4.13. The normalized spacial score (nSPS) is 15.4. The highest BCUT2D eigenvalue weighted by atomic mass is 16.5. The molecule has 2 rings (SSSR count). The smallest absolute Gasteiger partial charge is 0.0735 e. The number of rotatable bonds is 1. The van der Waals surface area contributed by atoms with E-state index in [1.165, 1.54) is 11.3 Å². The van der Waals surface area contributed by atoms with Crippen LogP contribution >= 0.6 is 0 Å². The van der Waals surface area contributed by atoms with Crippen LogP contribution in [0.3, 0.4) is 0 Å². The van der Waals surface area contributed by atoms with E-state index in [-0.39, 0.29) is 0 Å². The Balaban J connectivity index is 2.36. The van der Waals surface area contributed by atoms with Gasteiger partial charge in [-0.05, 0) is 6.07 Å². The van der Waals surface area contributed by atoms with Crippen LogP contribution in [-0.4, -0.2) is 18.6 Å². The van der Waals surface area contributed by atoms with Crippen LogP contribution in [0.15, 0.2) is 12.3 Å². The van der Waals surface area contributed by atoms with Gasteiger partial charge in [0.25, 0.3) is 0 Å². The van der Waals surface area contributed by atoms with E-state index in [1.807, 2.05) is 13.2 Å². The van der Waals surface area contributed by atoms with Crippen LogP contribution in [-0.2, 0) is 17.8 Å². The van der Waals surface area contributed by atoms with E-state index in [0.717, 1.165) is 18.7 Å². The summed E-state index contributed by atoms with van der Waals surface area (Å²) in [7, 11) is 1.90. The van der Waals surface area contributed by atoms with E-state index in [1.54, 1.807) is 0 Å². The number of aromatic nitrogens is 1. The van der Waals surface area contributed by atoms with Gasteiger partial charge in [0.05, 0.1) is 25.1 Å². The maximum absolute atomic E-state index is 5.33. The highest BCUT2D eigenvalue weighted by Gasteiger charge is 2.10. The van der Waals surface area contributed by atoms with Crippen molar-refractivity contribution in [1.29, 1.82) is 0 Å². The topological polar surface area (TPSA) is 34.2 Å². The minimum absolute atomic E-state index is 0.706. The van der Waals surface area contributed by atoms with Gasteiger partial charge in [-0.15, -0.1) is 0 Å². The number of fused-ring (bicyclic) bond motifs is 1. The summed E-state index contributed by atoms with van der Waals surface area (Å²) in [5, 5.41) is 3.06. The fraction of sp³-hybridized carbons (Fsp3) is 0.444. The fourth-order valence-electron chi connectivity index (χ4n) is 1.38. The Labute approximate surface area is 71.8 Å². The Hall–Kier alpha value is -1.09. The second kappa shape index (κ2) is 3.11. The summed E-state index contributed by atoms with van der Waals surface area (Å²) in [4.78, 5) is 4.35. The number of pyridine rings is 1. The van der Waals surface area contributed by atoms with E-state index in [0.29, 0.717) is 6.61 Å². The van der Waals surface area contributed by atoms with Crippen molar-refractivity contribution in [3.05, 3.63) is 23.5 Å². The SMILES string of the molecule is CNc1cnc2c(c1)COCC2. The van der Waals surface area contributed by atoms with Crippen molar-refractivity contribution in [3.8, 4) is 0 Å². The average molecular weight is 164 g/mol. The molecule has 1 N–H and O–H groups in total. The monoisotopic (exact) mass is 164 g/mol. The third-order valence-corrected chi connectivity index (χ3v) is 2.09. The van der Waals surface area contributed by atoms with Gasteiger partial charge in [0.15, 0.2) is 0 Å². The predicted octanol–water partition coefficient (Wildman–Crippen LogP) is 1.20. The molecule has 1 aliphatic rings. The Morgan fingerprint density at radius 2 is 2.50 bits per heavy atom. The van der Waals surface area contributed by atoms with Crippen molar-refractivity contribution in [2.75, 3.05) is 19.0 Å². The first kappa shape index (κ1) is 7.55. The molecule has 3 heteroatoms. The summed E-state index contributed by atoms with van der Waals surface area (Å²) in [5.74, 6) is 0. The van der Waals surface area contributed by atoms with E-state index < -0.39 is 0 Å². The summed E-state index contributed by atoms with van der Waals surface area (Å²) < 4.78 is 5.33. The number of ether oxygens (including phenoxy) is 1. The summed E-state index contributed by atoms with van der Waals surface area (Å²) in [5.41, 5.74) is 3.45. The molecular formula is C9H12N2O. The molecular weight excluding hydrogens is 152 g/mol. The molecule has 0 aliphatic carbocycles. The Morgan fingerprint density at radius 1 is 1.58 bits per heavy atom. The fourth-order valence-corrected chi connectivity index (χ4v) is 1.38. The molecule has 64 valence electrons. The molecule has 0 amide bonds. The first-order valence-corrected chi connectivity index (χ1v) is 4.13. The van der Waals surface area contributed by atoms with E-state index in [2.05, 4.69) is 16.4 Å². The molecule has 1 aliphatic heterocycles. The van der Waals surface area contributed by atoms with Gasteiger partial charge in [-0.3, -0.25) is 4.98 Å². The lowest BCUT2D eigenvalue weighted by atomic mass is 10.1. The highest BCUT2D eigenvalue weighted by molar-refractivity contribution is 5.44. The van der Waals surface area contributed by atoms with Gasteiger partial charge in [0.1, 0.15) is 0 Å². The van der Waals surface area contributed by atoms with Crippen LogP contribution < -0.4 is 5.32 Å². The molecule has 0 saturated heterocycles. The van der Waals surface area contributed by atoms with Crippen LogP contribution in [0.2, 0.25) is 0 Å². The van der Waals surface area contributed by atoms with E-state index in [4.69, 9.17) is 4.74 Å². The van der Waals surface area contributed by atoms with Crippen molar-refractivity contribution >= 4 is 5.69 Å². The maximum Gasteiger partial charge on any atom is 0.0735 e. The van der Waals surface area contributed by atoms with Crippen LogP contribution in [0, 0.1) is 0 Å². The number of nitrogens with zero attached hydrogens (tertiary/aromatic N) is 1. The van der Waals surface area contributed by atoms with Gasteiger partial charge in [-0.25, -0.2) is 0 Å². The lowest BCUT2D eigenvalue weighted by Gasteiger charge is -2.15. The first-order chi connectivity index (χ1) is 5.90. The Morgan fingerprint density at radius 3 is 3.33 bits per heavy atom. The van der Waals surface area contributed by atoms with Crippen molar-refractivity contribution in [2.24, 2.45) is 0 Å². The van der Waals surface area contributed by atoms with Gasteiger partial charge in [-0.2, -0.15) is 0 Å². The summed E-state index contributed by atoms with van der Waals surface area (Å²) in [6.45, 7) is 1.51. The molecule has 0 atom stereocenters. The maximum atomic E-state index is 5.33. The molecule has 0 fully saturated rings. The number of anilines is 1. The molecule has 0 saturated carbocycles. The quantitative estimate of drug-likeness (QED) is 0.677. The molecule has 0 unspecified atom stereocenters. The second-order valence-corrected chi connectivity index (χ2v) is 2.88. The zero-order valence-electron chi connectivity index (χ0n) is 7.13. The number of hydrogen-bond donors (Lipinski definition) is 1. The molecule has 12 heavy (non-hydrogen) atoms. The Kier molecular flexibility index (Phi) is 1.96. The largest absolute Gasteiger partial charge is 0.387 e. The lowest BCUT2D eigenvalue weighted by molar-refractivity contribution is 0.109.